The number of pyridine rings is 1. The average Bonchev–Trinajstić information content (AvgIpc) is 3.02. The van der Waals surface area contributed by atoms with E-state index in [1.54, 1.807) is 6.20 Å². The normalized spacial score (nSPS) is 11.5. The van der Waals surface area contributed by atoms with E-state index in [0.717, 1.165) is 39.1 Å². The second-order valence-corrected chi connectivity index (χ2v) is 5.43. The van der Waals surface area contributed by atoms with Gasteiger partial charge in [0.2, 0.25) is 0 Å². The van der Waals surface area contributed by atoms with E-state index in [4.69, 9.17) is 9.97 Å². The first-order valence-corrected chi connectivity index (χ1v) is 7.49. The molecule has 3 aromatic heterocycles. The van der Waals surface area contributed by atoms with Crippen LogP contribution in [0.25, 0.3) is 39.1 Å². The van der Waals surface area contributed by atoms with Gasteiger partial charge in [0.1, 0.15) is 11.3 Å². The van der Waals surface area contributed by atoms with Gasteiger partial charge in [-0.1, -0.05) is 30.3 Å². The number of benzene rings is 2. The molecular weight excluding hydrogens is 284 g/mol. The number of rotatable bonds is 1. The molecule has 0 fully saturated rings. The number of aromatic nitrogens is 4. The lowest BCUT2D eigenvalue weighted by Crippen LogP contribution is -1.99. The Balaban J connectivity index is 2.06. The molecular formula is C19H12N4. The van der Waals surface area contributed by atoms with E-state index in [1.165, 1.54) is 0 Å². The molecule has 0 bridgehead atoms. The molecule has 0 unspecified atom stereocenters. The van der Waals surface area contributed by atoms with Crippen LogP contribution in [0.2, 0.25) is 0 Å². The predicted octanol–water partition coefficient (Wildman–Crippen LogP) is 4.10. The van der Waals surface area contributed by atoms with E-state index < -0.39 is 0 Å². The molecule has 0 aliphatic heterocycles. The third-order valence-corrected chi connectivity index (χ3v) is 4.04. The molecule has 0 aliphatic rings. The monoisotopic (exact) mass is 296 g/mol. The fraction of sp³-hybridized carbons (Fsp3) is 0. The first kappa shape index (κ1) is 12.3. The minimum Gasteiger partial charge on any atom is -0.274 e. The molecule has 108 valence electrons. The van der Waals surface area contributed by atoms with Crippen molar-refractivity contribution in [2.75, 3.05) is 0 Å². The summed E-state index contributed by atoms with van der Waals surface area (Å²) in [5.74, 6) is 0.813. The summed E-state index contributed by atoms with van der Waals surface area (Å²) in [4.78, 5) is 14.2. The van der Waals surface area contributed by atoms with Crippen molar-refractivity contribution in [1.29, 1.82) is 0 Å². The van der Waals surface area contributed by atoms with E-state index in [2.05, 4.69) is 21.5 Å². The quantitative estimate of drug-likeness (QED) is 0.468. The zero-order valence-electron chi connectivity index (χ0n) is 12.2. The predicted molar refractivity (Wildman–Crippen MR) is 91.2 cm³/mol. The lowest BCUT2D eigenvalue weighted by Gasteiger charge is -2.08. The summed E-state index contributed by atoms with van der Waals surface area (Å²) in [7, 11) is 0. The van der Waals surface area contributed by atoms with Crippen LogP contribution in [0.1, 0.15) is 0 Å². The maximum atomic E-state index is 4.86. The van der Waals surface area contributed by atoms with Gasteiger partial charge < -0.3 is 0 Å². The number of para-hydroxylation sites is 3. The Morgan fingerprint density at radius 2 is 1.48 bits per heavy atom. The zero-order valence-corrected chi connectivity index (χ0v) is 12.2. The maximum absolute atomic E-state index is 4.86. The van der Waals surface area contributed by atoms with Gasteiger partial charge in [-0.2, -0.15) is 0 Å². The second kappa shape index (κ2) is 4.61. The molecule has 0 radical (unpaired) electrons. The van der Waals surface area contributed by atoms with Crippen LogP contribution < -0.4 is 0 Å². The molecule has 0 saturated heterocycles. The van der Waals surface area contributed by atoms with Crippen LogP contribution in [0.3, 0.4) is 0 Å². The highest BCUT2D eigenvalue weighted by molar-refractivity contribution is 5.98. The lowest BCUT2D eigenvalue weighted by molar-refractivity contribution is 1.13. The van der Waals surface area contributed by atoms with Crippen LogP contribution in [0.4, 0.5) is 0 Å². The molecule has 23 heavy (non-hydrogen) atoms. The molecule has 2 aromatic carbocycles. The van der Waals surface area contributed by atoms with Crippen molar-refractivity contribution in [2.24, 2.45) is 0 Å². The number of nitrogens with zero attached hydrogens (tertiary/aromatic N) is 4. The Hall–Kier alpha value is -3.27. The van der Waals surface area contributed by atoms with Gasteiger partial charge >= 0.3 is 0 Å². The van der Waals surface area contributed by atoms with Crippen LogP contribution in [0.5, 0.6) is 0 Å². The van der Waals surface area contributed by atoms with Crippen molar-refractivity contribution >= 4 is 27.6 Å². The first-order chi connectivity index (χ1) is 11.4. The highest BCUT2D eigenvalue weighted by Gasteiger charge is 2.15. The molecule has 5 aromatic rings. The van der Waals surface area contributed by atoms with Gasteiger partial charge in [-0.05, 0) is 36.4 Å². The highest BCUT2D eigenvalue weighted by atomic mass is 15.1. The van der Waals surface area contributed by atoms with Crippen molar-refractivity contribution in [3.05, 3.63) is 72.9 Å². The molecule has 4 nitrogen and oxygen atoms in total. The summed E-state index contributed by atoms with van der Waals surface area (Å²) >= 11 is 0. The van der Waals surface area contributed by atoms with Gasteiger partial charge in [0.05, 0.1) is 16.6 Å². The number of hydrogen-bond donors (Lipinski definition) is 0. The largest absolute Gasteiger partial charge is 0.274 e. The minimum atomic E-state index is 0.813. The van der Waals surface area contributed by atoms with Crippen molar-refractivity contribution in [3.63, 3.8) is 0 Å². The fourth-order valence-electron chi connectivity index (χ4n) is 3.01. The zero-order chi connectivity index (χ0) is 15.2. The van der Waals surface area contributed by atoms with Crippen LogP contribution in [0, 0.1) is 0 Å². The van der Waals surface area contributed by atoms with Crippen molar-refractivity contribution in [3.8, 4) is 11.5 Å². The maximum Gasteiger partial charge on any atom is 0.165 e. The van der Waals surface area contributed by atoms with Gasteiger partial charge in [0.25, 0.3) is 0 Å². The van der Waals surface area contributed by atoms with Crippen LogP contribution in [-0.4, -0.2) is 19.4 Å². The summed E-state index contributed by atoms with van der Waals surface area (Å²) in [6.07, 6.45) is 1.79. The van der Waals surface area contributed by atoms with Gasteiger partial charge in [0, 0.05) is 11.6 Å². The molecule has 5 rings (SSSR count). The SMILES string of the molecule is c1ccc(-c2nc3ccccc3c3nc4ccccc4n23)nc1. The fourth-order valence-corrected chi connectivity index (χ4v) is 3.01. The standard InChI is InChI=1S/C19H12N4/c1-2-8-14-13(7-1)18-22-15-9-3-4-11-17(15)23(18)19(21-14)16-10-5-6-12-20-16/h1-12H. The Labute approximate surface area is 132 Å². The number of imidazole rings is 1. The van der Waals surface area contributed by atoms with E-state index in [0.29, 0.717) is 0 Å². The number of fused-ring (bicyclic) bond motifs is 5. The second-order valence-electron chi connectivity index (χ2n) is 5.43. The first-order valence-electron chi connectivity index (χ1n) is 7.49. The highest BCUT2D eigenvalue weighted by Crippen LogP contribution is 2.28. The Morgan fingerprint density at radius 1 is 0.696 bits per heavy atom. The molecule has 0 aliphatic carbocycles. The smallest absolute Gasteiger partial charge is 0.165 e. The third kappa shape index (κ3) is 1.75. The van der Waals surface area contributed by atoms with Gasteiger partial charge in [-0.3, -0.25) is 9.38 Å². The molecule has 0 N–H and O–H groups in total. The van der Waals surface area contributed by atoms with Gasteiger partial charge in [-0.25, -0.2) is 9.97 Å². The van der Waals surface area contributed by atoms with Crippen molar-refractivity contribution in [1.82, 2.24) is 19.4 Å². The number of hydrogen-bond acceptors (Lipinski definition) is 3. The van der Waals surface area contributed by atoms with Crippen molar-refractivity contribution < 1.29 is 0 Å². The molecule has 3 heterocycles. The van der Waals surface area contributed by atoms with Crippen LogP contribution >= 0.6 is 0 Å². The lowest BCUT2D eigenvalue weighted by atomic mass is 10.2. The Kier molecular flexibility index (Phi) is 2.46. The summed E-state index contributed by atoms with van der Waals surface area (Å²) in [6.45, 7) is 0. The molecule has 0 saturated carbocycles. The molecule has 0 spiro atoms. The Bertz CT molecular complexity index is 1160. The Morgan fingerprint density at radius 3 is 2.35 bits per heavy atom. The molecule has 4 heteroatoms. The summed E-state index contributed by atoms with van der Waals surface area (Å²) in [5.41, 5.74) is 4.68. The summed E-state index contributed by atoms with van der Waals surface area (Å²) in [6, 6.07) is 22.1. The van der Waals surface area contributed by atoms with Crippen LogP contribution in [0.15, 0.2) is 72.9 Å². The van der Waals surface area contributed by atoms with E-state index in [9.17, 15) is 0 Å². The van der Waals surface area contributed by atoms with Gasteiger partial charge in [0.15, 0.2) is 5.82 Å². The van der Waals surface area contributed by atoms with E-state index >= 15 is 0 Å². The summed E-state index contributed by atoms with van der Waals surface area (Å²) in [5, 5.41) is 1.04. The third-order valence-electron chi connectivity index (χ3n) is 4.04. The van der Waals surface area contributed by atoms with E-state index in [-0.39, 0.29) is 0 Å². The molecule has 0 amide bonds. The van der Waals surface area contributed by atoms with Gasteiger partial charge in [-0.15, -0.1) is 0 Å². The van der Waals surface area contributed by atoms with Crippen LogP contribution in [-0.2, 0) is 0 Å². The molecule has 0 atom stereocenters. The summed E-state index contributed by atoms with van der Waals surface area (Å²) < 4.78 is 2.10. The topological polar surface area (TPSA) is 43.1 Å². The van der Waals surface area contributed by atoms with E-state index in [1.807, 2.05) is 54.6 Å². The van der Waals surface area contributed by atoms with Crippen molar-refractivity contribution in [2.45, 2.75) is 0 Å². The minimum absolute atomic E-state index is 0.813. The average molecular weight is 296 g/mol.